The van der Waals surface area contributed by atoms with Crippen LogP contribution >= 0.6 is 11.3 Å². The molecule has 0 atom stereocenters. The number of aromatic carboxylic acids is 1. The molecule has 1 fully saturated rings. The van der Waals surface area contributed by atoms with E-state index in [0.29, 0.717) is 54.9 Å². The van der Waals surface area contributed by atoms with E-state index in [1.165, 1.54) is 17.5 Å². The van der Waals surface area contributed by atoms with Crippen molar-refractivity contribution in [3.8, 4) is 5.13 Å². The summed E-state index contributed by atoms with van der Waals surface area (Å²) in [4.78, 5) is 47.8. The standard InChI is InChI=1S/C22H24N4O5S/c1-3-31-7-4-5-16(27)14-10-25(11-14)17-9-13(2)18-19(28)15(21(29)30)12-26(20(18)24-17)22-23-6-8-32-22/h6,8-9,12,14H,3-5,7,10-11H2,1-2H3,(H,29,30). The minimum absolute atomic E-state index is 0.0371. The van der Waals surface area contributed by atoms with Crippen molar-refractivity contribution >= 4 is 39.9 Å². The SMILES string of the molecule is CCOCCCC(=O)C1CN(c2cc(C)c3c(=O)c(C(=O)O)cn(-c4nccs4)c3n2)C1. The number of Topliss-reactive ketones (excluding diaryl/α,β-unsaturated/α-hetero) is 1. The molecule has 0 amide bonds. The van der Waals surface area contributed by atoms with Gasteiger partial charge in [0.25, 0.3) is 0 Å². The van der Waals surface area contributed by atoms with Crippen LogP contribution in [0.2, 0.25) is 0 Å². The smallest absolute Gasteiger partial charge is 0.341 e. The fourth-order valence-corrected chi connectivity index (χ4v) is 4.46. The fourth-order valence-electron chi connectivity index (χ4n) is 3.84. The van der Waals surface area contributed by atoms with Crippen molar-refractivity contribution in [1.82, 2.24) is 14.5 Å². The highest BCUT2D eigenvalue weighted by Gasteiger charge is 2.33. The molecule has 168 valence electrons. The molecule has 10 heteroatoms. The first-order valence-corrected chi connectivity index (χ1v) is 11.3. The summed E-state index contributed by atoms with van der Waals surface area (Å²) in [6, 6.07) is 1.78. The van der Waals surface area contributed by atoms with E-state index in [1.807, 2.05) is 11.8 Å². The van der Waals surface area contributed by atoms with Crippen LogP contribution in [0.4, 0.5) is 5.82 Å². The van der Waals surface area contributed by atoms with E-state index >= 15 is 0 Å². The van der Waals surface area contributed by atoms with Gasteiger partial charge in [-0.3, -0.25) is 14.2 Å². The Morgan fingerprint density at radius 1 is 1.34 bits per heavy atom. The number of hydrogen-bond donors (Lipinski definition) is 1. The first-order valence-electron chi connectivity index (χ1n) is 10.5. The molecule has 0 spiro atoms. The number of carbonyl (C=O) groups excluding carboxylic acids is 1. The van der Waals surface area contributed by atoms with Crippen molar-refractivity contribution in [2.75, 3.05) is 31.2 Å². The number of aryl methyl sites for hydroxylation is 1. The third kappa shape index (κ3) is 4.15. The molecule has 0 saturated carbocycles. The zero-order valence-corrected chi connectivity index (χ0v) is 18.7. The monoisotopic (exact) mass is 456 g/mol. The number of thiazole rings is 1. The zero-order valence-electron chi connectivity index (χ0n) is 17.9. The van der Waals surface area contributed by atoms with Gasteiger partial charge in [0.05, 0.1) is 11.3 Å². The normalized spacial score (nSPS) is 14.0. The number of ether oxygens (including phenoxy) is 1. The maximum atomic E-state index is 12.8. The number of fused-ring (bicyclic) bond motifs is 1. The number of aromatic nitrogens is 3. The Hall–Kier alpha value is -3.11. The van der Waals surface area contributed by atoms with Crippen LogP contribution in [0.5, 0.6) is 0 Å². The molecule has 1 N–H and O–H groups in total. The van der Waals surface area contributed by atoms with Gasteiger partial charge in [-0.05, 0) is 31.9 Å². The van der Waals surface area contributed by atoms with Gasteiger partial charge in [0, 0.05) is 50.5 Å². The average Bonchev–Trinajstić information content (AvgIpc) is 3.24. The topological polar surface area (TPSA) is 115 Å². The van der Waals surface area contributed by atoms with E-state index in [9.17, 15) is 19.5 Å². The first kappa shape index (κ1) is 22.1. The molecule has 3 aromatic rings. The summed E-state index contributed by atoms with van der Waals surface area (Å²) in [5.74, 6) is -0.450. The summed E-state index contributed by atoms with van der Waals surface area (Å²) in [5, 5.41) is 12.1. The Kier molecular flexibility index (Phi) is 6.33. The van der Waals surface area contributed by atoms with Crippen molar-refractivity contribution in [1.29, 1.82) is 0 Å². The van der Waals surface area contributed by atoms with Gasteiger partial charge in [-0.25, -0.2) is 14.8 Å². The number of pyridine rings is 2. The van der Waals surface area contributed by atoms with Crippen molar-refractivity contribution < 1.29 is 19.4 Å². The Bertz CT molecular complexity index is 1220. The van der Waals surface area contributed by atoms with Crippen LogP contribution in [0.1, 0.15) is 35.7 Å². The molecule has 9 nitrogen and oxygen atoms in total. The van der Waals surface area contributed by atoms with Gasteiger partial charge in [-0.1, -0.05) is 0 Å². The maximum Gasteiger partial charge on any atom is 0.341 e. The fraction of sp³-hybridized carbons (Fsp3) is 0.409. The van der Waals surface area contributed by atoms with Crippen molar-refractivity contribution in [2.24, 2.45) is 5.92 Å². The molecule has 0 bridgehead atoms. The molecular weight excluding hydrogens is 432 g/mol. The average molecular weight is 457 g/mol. The van der Waals surface area contributed by atoms with E-state index in [0.717, 1.165) is 6.42 Å². The second-order valence-electron chi connectivity index (χ2n) is 7.73. The van der Waals surface area contributed by atoms with Crippen molar-refractivity contribution in [3.05, 3.63) is 45.2 Å². The highest BCUT2D eigenvalue weighted by atomic mass is 32.1. The Morgan fingerprint density at radius 3 is 2.78 bits per heavy atom. The Balaban J connectivity index is 1.64. The van der Waals surface area contributed by atoms with E-state index in [4.69, 9.17) is 4.74 Å². The molecule has 0 unspecified atom stereocenters. The summed E-state index contributed by atoms with van der Waals surface area (Å²) in [5.41, 5.74) is 0.0983. The lowest BCUT2D eigenvalue weighted by Crippen LogP contribution is -2.51. The molecule has 0 radical (unpaired) electrons. The van der Waals surface area contributed by atoms with Gasteiger partial charge in [0.15, 0.2) is 10.8 Å². The number of nitrogens with zero attached hydrogens (tertiary/aromatic N) is 4. The second-order valence-corrected chi connectivity index (χ2v) is 8.60. The van der Waals surface area contributed by atoms with Gasteiger partial charge < -0.3 is 14.7 Å². The van der Waals surface area contributed by atoms with Crippen LogP contribution in [-0.4, -0.2) is 57.7 Å². The molecule has 1 aliphatic rings. The van der Waals surface area contributed by atoms with E-state index in [2.05, 4.69) is 9.97 Å². The molecule has 3 aromatic heterocycles. The second kappa shape index (κ2) is 9.17. The molecule has 0 aliphatic carbocycles. The quantitative estimate of drug-likeness (QED) is 0.489. The first-order chi connectivity index (χ1) is 15.4. The Morgan fingerprint density at radius 2 is 2.12 bits per heavy atom. The molecule has 1 aliphatic heterocycles. The van der Waals surface area contributed by atoms with Gasteiger partial charge in [0.2, 0.25) is 5.43 Å². The van der Waals surface area contributed by atoms with Crippen LogP contribution in [0.3, 0.4) is 0 Å². The van der Waals surface area contributed by atoms with Gasteiger partial charge in [-0.2, -0.15) is 0 Å². The number of carboxylic acid groups (broad SMARTS) is 1. The van der Waals surface area contributed by atoms with Crippen molar-refractivity contribution in [3.63, 3.8) is 0 Å². The van der Waals surface area contributed by atoms with Crippen LogP contribution in [0.25, 0.3) is 16.2 Å². The predicted molar refractivity (Wildman–Crippen MR) is 121 cm³/mol. The minimum Gasteiger partial charge on any atom is -0.477 e. The molecule has 4 heterocycles. The summed E-state index contributed by atoms with van der Waals surface area (Å²) in [6.45, 7) is 6.08. The lowest BCUT2D eigenvalue weighted by atomic mass is 9.92. The van der Waals surface area contributed by atoms with E-state index in [1.54, 1.807) is 29.1 Å². The third-order valence-corrected chi connectivity index (χ3v) is 6.35. The Labute approximate surface area is 188 Å². The van der Waals surface area contributed by atoms with E-state index in [-0.39, 0.29) is 22.7 Å². The highest BCUT2D eigenvalue weighted by molar-refractivity contribution is 7.12. The molecule has 0 aromatic carbocycles. The highest BCUT2D eigenvalue weighted by Crippen LogP contribution is 2.29. The number of carbonyl (C=O) groups is 2. The molecule has 1 saturated heterocycles. The maximum absolute atomic E-state index is 12.8. The van der Waals surface area contributed by atoms with Crippen LogP contribution in [0, 0.1) is 12.8 Å². The number of ketones is 1. The molecule has 32 heavy (non-hydrogen) atoms. The number of rotatable bonds is 9. The predicted octanol–water partition coefficient (Wildman–Crippen LogP) is 2.67. The lowest BCUT2D eigenvalue weighted by molar-refractivity contribution is -0.123. The molecule has 4 rings (SSSR count). The van der Waals surface area contributed by atoms with Gasteiger partial charge in [-0.15, -0.1) is 11.3 Å². The van der Waals surface area contributed by atoms with Gasteiger partial charge >= 0.3 is 5.97 Å². The third-order valence-electron chi connectivity index (χ3n) is 5.57. The summed E-state index contributed by atoms with van der Waals surface area (Å²) >= 11 is 1.32. The van der Waals surface area contributed by atoms with Crippen LogP contribution in [0.15, 0.2) is 28.6 Å². The zero-order chi connectivity index (χ0) is 22.8. The van der Waals surface area contributed by atoms with Crippen molar-refractivity contribution in [2.45, 2.75) is 26.7 Å². The summed E-state index contributed by atoms with van der Waals surface area (Å²) < 4.78 is 6.85. The van der Waals surface area contributed by atoms with Crippen LogP contribution < -0.4 is 10.3 Å². The number of hydrogen-bond acceptors (Lipinski definition) is 8. The number of carboxylic acids is 1. The van der Waals surface area contributed by atoms with Crippen LogP contribution in [-0.2, 0) is 9.53 Å². The van der Waals surface area contributed by atoms with E-state index < -0.39 is 11.4 Å². The summed E-state index contributed by atoms with van der Waals surface area (Å²) in [6.07, 6.45) is 4.12. The summed E-state index contributed by atoms with van der Waals surface area (Å²) in [7, 11) is 0. The largest absolute Gasteiger partial charge is 0.477 e. The molecular formula is C22H24N4O5S. The lowest BCUT2D eigenvalue weighted by Gasteiger charge is -2.39. The minimum atomic E-state index is -1.29. The van der Waals surface area contributed by atoms with Gasteiger partial charge in [0.1, 0.15) is 17.2 Å². The number of anilines is 1.